The molecule has 7 heteroatoms. The van der Waals surface area contributed by atoms with Gasteiger partial charge in [0.05, 0.1) is 11.6 Å². The predicted octanol–water partition coefficient (Wildman–Crippen LogP) is 4.81. The van der Waals surface area contributed by atoms with Gasteiger partial charge in [-0.1, -0.05) is 48.0 Å². The zero-order valence-corrected chi connectivity index (χ0v) is 16.9. The summed E-state index contributed by atoms with van der Waals surface area (Å²) in [5, 5.41) is 21.0. The van der Waals surface area contributed by atoms with Crippen LogP contribution in [0, 0.1) is 5.82 Å². The van der Waals surface area contributed by atoms with Crippen LogP contribution in [0.1, 0.15) is 22.7 Å². The Labute approximate surface area is 182 Å². The van der Waals surface area contributed by atoms with Crippen LogP contribution in [0.4, 0.5) is 4.39 Å². The molecule has 0 spiro atoms. The lowest BCUT2D eigenvalue weighted by atomic mass is 9.95. The Morgan fingerprint density at radius 1 is 1.00 bits per heavy atom. The van der Waals surface area contributed by atoms with Crippen LogP contribution in [-0.4, -0.2) is 26.8 Å². The van der Waals surface area contributed by atoms with E-state index in [4.69, 9.17) is 11.6 Å². The molecular formula is C24H17ClFNO4. The van der Waals surface area contributed by atoms with E-state index in [0.29, 0.717) is 21.7 Å². The van der Waals surface area contributed by atoms with Crippen LogP contribution < -0.4 is 0 Å². The molecular weight excluding hydrogens is 421 g/mol. The van der Waals surface area contributed by atoms with Crippen molar-refractivity contribution in [2.24, 2.45) is 0 Å². The number of hydrogen-bond acceptors (Lipinski definition) is 4. The summed E-state index contributed by atoms with van der Waals surface area (Å²) in [6, 6.07) is 17.1. The summed E-state index contributed by atoms with van der Waals surface area (Å²) in [5.74, 6) is -2.36. The van der Waals surface area contributed by atoms with Gasteiger partial charge < -0.3 is 15.1 Å². The Bertz CT molecular complexity index is 1190. The quantitative estimate of drug-likeness (QED) is 0.349. The molecule has 0 bridgehead atoms. The van der Waals surface area contributed by atoms with Crippen molar-refractivity contribution in [2.45, 2.75) is 12.6 Å². The number of halogens is 2. The minimum Gasteiger partial charge on any atom is -0.508 e. The molecule has 0 saturated carbocycles. The lowest BCUT2D eigenvalue weighted by Gasteiger charge is -2.25. The second kappa shape index (κ2) is 8.24. The third-order valence-corrected chi connectivity index (χ3v) is 5.35. The fraction of sp³-hybridized carbons (Fsp3) is 0.0833. The van der Waals surface area contributed by atoms with Crippen molar-refractivity contribution in [1.82, 2.24) is 4.90 Å². The van der Waals surface area contributed by atoms with E-state index in [0.717, 1.165) is 0 Å². The summed E-state index contributed by atoms with van der Waals surface area (Å²) in [5.41, 5.74) is 1.37. The van der Waals surface area contributed by atoms with Gasteiger partial charge in [0.25, 0.3) is 11.7 Å². The van der Waals surface area contributed by atoms with E-state index in [1.165, 1.54) is 47.4 Å². The molecule has 0 aromatic heterocycles. The van der Waals surface area contributed by atoms with Gasteiger partial charge in [-0.2, -0.15) is 0 Å². The first kappa shape index (κ1) is 20.6. The highest BCUT2D eigenvalue weighted by molar-refractivity contribution is 6.46. The number of phenolic OH excluding ortho intramolecular Hbond substituents is 1. The zero-order chi connectivity index (χ0) is 22.1. The molecule has 1 heterocycles. The number of aliphatic hydroxyl groups excluding tert-OH is 1. The number of Topliss-reactive ketones (excluding diaryl/α,β-unsaturated/α-hetero) is 1. The first-order chi connectivity index (χ1) is 14.8. The molecule has 1 unspecified atom stereocenters. The van der Waals surface area contributed by atoms with Crippen molar-refractivity contribution in [3.05, 3.63) is 106 Å². The molecule has 0 radical (unpaired) electrons. The van der Waals surface area contributed by atoms with Crippen molar-refractivity contribution in [3.8, 4) is 5.75 Å². The molecule has 1 saturated heterocycles. The molecule has 3 aromatic rings. The molecule has 4 rings (SSSR count). The van der Waals surface area contributed by atoms with E-state index in [9.17, 15) is 24.2 Å². The monoisotopic (exact) mass is 437 g/mol. The van der Waals surface area contributed by atoms with Gasteiger partial charge in [-0.25, -0.2) is 4.39 Å². The summed E-state index contributed by atoms with van der Waals surface area (Å²) < 4.78 is 13.3. The Balaban J connectivity index is 1.85. The third kappa shape index (κ3) is 4.02. The molecule has 2 N–H and O–H groups in total. The minimum absolute atomic E-state index is 0.0223. The number of benzene rings is 3. The predicted molar refractivity (Wildman–Crippen MR) is 114 cm³/mol. The maximum Gasteiger partial charge on any atom is 0.295 e. The SMILES string of the molecule is O=C1C(=O)N(Cc2ccc(F)cc2)C(c2ccc(O)cc2)/C1=C(/O)c1cccc(Cl)c1. The smallest absolute Gasteiger partial charge is 0.295 e. The highest BCUT2D eigenvalue weighted by atomic mass is 35.5. The number of rotatable bonds is 4. The van der Waals surface area contributed by atoms with Crippen molar-refractivity contribution in [1.29, 1.82) is 0 Å². The average molecular weight is 438 g/mol. The van der Waals surface area contributed by atoms with E-state index in [2.05, 4.69) is 0 Å². The first-order valence-corrected chi connectivity index (χ1v) is 9.80. The Kier molecular flexibility index (Phi) is 5.48. The van der Waals surface area contributed by atoms with Gasteiger partial charge in [-0.3, -0.25) is 9.59 Å². The highest BCUT2D eigenvalue weighted by Crippen LogP contribution is 2.40. The van der Waals surface area contributed by atoms with E-state index >= 15 is 0 Å². The van der Waals surface area contributed by atoms with Crippen LogP contribution in [0.3, 0.4) is 0 Å². The van der Waals surface area contributed by atoms with E-state index < -0.39 is 23.5 Å². The summed E-state index contributed by atoms with van der Waals surface area (Å²) in [7, 11) is 0. The molecule has 156 valence electrons. The topological polar surface area (TPSA) is 77.8 Å². The second-order valence-corrected chi connectivity index (χ2v) is 7.59. The van der Waals surface area contributed by atoms with Crippen LogP contribution in [0.2, 0.25) is 5.02 Å². The lowest BCUT2D eigenvalue weighted by molar-refractivity contribution is -0.140. The Hall–Kier alpha value is -3.64. The largest absolute Gasteiger partial charge is 0.508 e. The number of hydrogen-bond donors (Lipinski definition) is 2. The summed E-state index contributed by atoms with van der Waals surface area (Å²) in [4.78, 5) is 27.2. The second-order valence-electron chi connectivity index (χ2n) is 7.16. The van der Waals surface area contributed by atoms with Gasteiger partial charge in [0.1, 0.15) is 17.3 Å². The number of carbonyl (C=O) groups excluding carboxylic acids is 2. The standard InChI is InChI=1S/C24H17ClFNO4/c25-17-3-1-2-16(12-17)22(29)20-21(15-6-10-19(28)11-7-15)27(24(31)23(20)30)13-14-4-8-18(26)9-5-14/h1-12,21,28-29H,13H2/b22-20-. The summed E-state index contributed by atoms with van der Waals surface area (Å²) >= 11 is 6.03. The summed E-state index contributed by atoms with van der Waals surface area (Å²) in [6.07, 6.45) is 0. The number of carbonyl (C=O) groups is 2. The van der Waals surface area contributed by atoms with Gasteiger partial charge in [-0.15, -0.1) is 0 Å². The normalized spacial score (nSPS) is 17.9. The highest BCUT2D eigenvalue weighted by Gasteiger charge is 2.46. The number of ketones is 1. The molecule has 1 amide bonds. The molecule has 1 aliphatic heterocycles. The number of aromatic hydroxyl groups is 1. The van der Waals surface area contributed by atoms with Gasteiger partial charge >= 0.3 is 0 Å². The molecule has 1 aliphatic rings. The fourth-order valence-corrected chi connectivity index (χ4v) is 3.81. The van der Waals surface area contributed by atoms with Crippen LogP contribution in [0.25, 0.3) is 5.76 Å². The Morgan fingerprint density at radius 3 is 2.32 bits per heavy atom. The summed E-state index contributed by atoms with van der Waals surface area (Å²) in [6.45, 7) is 0.0305. The average Bonchev–Trinajstić information content (AvgIpc) is 3.00. The van der Waals surface area contributed by atoms with Crippen molar-refractivity contribution in [2.75, 3.05) is 0 Å². The minimum atomic E-state index is -0.898. The molecule has 1 fully saturated rings. The van der Waals surface area contributed by atoms with Crippen LogP contribution in [0.5, 0.6) is 5.75 Å². The third-order valence-electron chi connectivity index (χ3n) is 5.11. The molecule has 5 nitrogen and oxygen atoms in total. The van der Waals surface area contributed by atoms with Crippen LogP contribution >= 0.6 is 11.6 Å². The molecule has 31 heavy (non-hydrogen) atoms. The lowest BCUT2D eigenvalue weighted by Crippen LogP contribution is -2.29. The fourth-order valence-electron chi connectivity index (χ4n) is 3.62. The maximum absolute atomic E-state index is 13.3. The van der Waals surface area contributed by atoms with Crippen molar-refractivity contribution in [3.63, 3.8) is 0 Å². The van der Waals surface area contributed by atoms with Crippen LogP contribution in [-0.2, 0) is 16.1 Å². The number of aliphatic hydroxyl groups is 1. The first-order valence-electron chi connectivity index (χ1n) is 9.43. The number of amides is 1. The van der Waals surface area contributed by atoms with Crippen molar-refractivity contribution < 1.29 is 24.2 Å². The molecule has 3 aromatic carbocycles. The molecule has 0 aliphatic carbocycles. The number of nitrogens with zero attached hydrogens (tertiary/aromatic N) is 1. The zero-order valence-electron chi connectivity index (χ0n) is 16.1. The van der Waals surface area contributed by atoms with Crippen molar-refractivity contribution >= 4 is 29.1 Å². The van der Waals surface area contributed by atoms with E-state index in [-0.39, 0.29) is 23.6 Å². The number of likely N-dealkylation sites (tertiary alicyclic amines) is 1. The number of phenols is 1. The van der Waals surface area contributed by atoms with Gasteiger partial charge in [0.15, 0.2) is 0 Å². The molecule has 1 atom stereocenters. The van der Waals surface area contributed by atoms with E-state index in [1.807, 2.05) is 0 Å². The van der Waals surface area contributed by atoms with E-state index in [1.54, 1.807) is 30.3 Å². The van der Waals surface area contributed by atoms with Gasteiger partial charge in [0.2, 0.25) is 0 Å². The Morgan fingerprint density at radius 2 is 1.68 bits per heavy atom. The van der Waals surface area contributed by atoms with Gasteiger partial charge in [-0.05, 0) is 47.5 Å². The van der Waals surface area contributed by atoms with Gasteiger partial charge in [0, 0.05) is 17.1 Å². The van der Waals surface area contributed by atoms with Crippen LogP contribution in [0.15, 0.2) is 78.4 Å². The maximum atomic E-state index is 13.3.